The SMILES string of the molecule is C#CC#CC#CC1(CCCCCC)c2cc(C(C)(C)C)ccc2-c2ccc(C(C)(C)C)cc21. The normalized spacial score (nSPS) is 13.6. The minimum Gasteiger partial charge on any atom is -0.106 e. The Bertz CT molecular complexity index is 1110. The molecule has 0 saturated heterocycles. The van der Waals surface area contributed by atoms with E-state index in [1.165, 1.54) is 52.6 Å². The van der Waals surface area contributed by atoms with Gasteiger partial charge in [0.25, 0.3) is 0 Å². The zero-order valence-electron chi connectivity index (χ0n) is 21.6. The number of terminal acetylenes is 1. The van der Waals surface area contributed by atoms with Gasteiger partial charge in [-0.25, -0.2) is 0 Å². The van der Waals surface area contributed by atoms with Gasteiger partial charge in [-0.1, -0.05) is 116 Å². The molecule has 0 heterocycles. The maximum atomic E-state index is 5.37. The molecule has 0 radical (unpaired) electrons. The molecule has 1 aliphatic rings. The van der Waals surface area contributed by atoms with Gasteiger partial charge in [0.1, 0.15) is 0 Å². The van der Waals surface area contributed by atoms with Gasteiger partial charge in [-0.05, 0) is 74.3 Å². The van der Waals surface area contributed by atoms with Gasteiger partial charge in [-0.3, -0.25) is 0 Å². The van der Waals surface area contributed by atoms with Crippen LogP contribution in [0.2, 0.25) is 0 Å². The Balaban J connectivity index is 2.31. The minimum absolute atomic E-state index is 0.0744. The zero-order valence-corrected chi connectivity index (χ0v) is 21.6. The first-order valence-electron chi connectivity index (χ1n) is 12.3. The lowest BCUT2D eigenvalue weighted by Gasteiger charge is -2.29. The molecule has 0 amide bonds. The van der Waals surface area contributed by atoms with E-state index in [1.54, 1.807) is 0 Å². The van der Waals surface area contributed by atoms with Crippen LogP contribution in [0.15, 0.2) is 36.4 Å². The van der Waals surface area contributed by atoms with Crippen LogP contribution in [-0.4, -0.2) is 0 Å². The van der Waals surface area contributed by atoms with E-state index in [2.05, 4.69) is 114 Å². The van der Waals surface area contributed by atoms with Gasteiger partial charge in [0.05, 0.1) is 5.41 Å². The van der Waals surface area contributed by atoms with Crippen LogP contribution in [0.3, 0.4) is 0 Å². The molecule has 170 valence electrons. The van der Waals surface area contributed by atoms with Crippen molar-refractivity contribution >= 4 is 0 Å². The third-order valence-electron chi connectivity index (χ3n) is 6.86. The Morgan fingerprint density at radius 2 is 1.27 bits per heavy atom. The molecule has 3 rings (SSSR count). The molecule has 0 N–H and O–H groups in total. The smallest absolute Gasteiger partial charge is 0.0834 e. The zero-order chi connectivity index (χ0) is 24.3. The first kappa shape index (κ1) is 24.8. The highest BCUT2D eigenvalue weighted by Gasteiger charge is 2.43. The van der Waals surface area contributed by atoms with Crippen LogP contribution in [0.4, 0.5) is 0 Å². The third kappa shape index (κ3) is 5.05. The second kappa shape index (κ2) is 9.54. The number of unbranched alkanes of at least 4 members (excludes halogenated alkanes) is 3. The topological polar surface area (TPSA) is 0 Å². The van der Waals surface area contributed by atoms with E-state index in [1.807, 2.05) is 0 Å². The van der Waals surface area contributed by atoms with Crippen LogP contribution in [0.25, 0.3) is 11.1 Å². The monoisotopic (exact) mass is 434 g/mol. The largest absolute Gasteiger partial charge is 0.106 e. The molecule has 2 aromatic carbocycles. The summed E-state index contributed by atoms with van der Waals surface area (Å²) in [5, 5.41) is 0. The maximum Gasteiger partial charge on any atom is 0.0834 e. The van der Waals surface area contributed by atoms with E-state index < -0.39 is 0 Å². The second-order valence-corrected chi connectivity index (χ2v) is 11.4. The molecule has 0 saturated carbocycles. The van der Waals surface area contributed by atoms with Crippen molar-refractivity contribution in [2.24, 2.45) is 0 Å². The van der Waals surface area contributed by atoms with Crippen molar-refractivity contribution < 1.29 is 0 Å². The summed E-state index contributed by atoms with van der Waals surface area (Å²) in [6.07, 6.45) is 11.2. The standard InChI is InChI=1S/C33H38/c1-9-11-13-15-21-33(22-16-14-12-10-2)29-23-25(31(3,4)5)17-19-27(29)28-20-18-26(24-30(28)33)32(6,7)8/h1,17-20,23-24H,10,12,14,16,22H2,2-8H3. The predicted octanol–water partition coefficient (Wildman–Crippen LogP) is 8.16. The Kier molecular flexibility index (Phi) is 7.16. The van der Waals surface area contributed by atoms with Crippen LogP contribution in [-0.2, 0) is 16.2 Å². The van der Waals surface area contributed by atoms with E-state index >= 15 is 0 Å². The molecule has 0 aliphatic heterocycles. The summed E-state index contributed by atoms with van der Waals surface area (Å²) in [5.41, 5.74) is 7.78. The van der Waals surface area contributed by atoms with Gasteiger partial charge in [0.15, 0.2) is 0 Å². The summed E-state index contributed by atoms with van der Waals surface area (Å²) in [7, 11) is 0. The molecule has 1 aliphatic carbocycles. The van der Waals surface area contributed by atoms with Gasteiger partial charge in [0.2, 0.25) is 0 Å². The summed E-state index contributed by atoms with van der Waals surface area (Å²) in [6.45, 7) is 15.9. The molecule has 0 unspecified atom stereocenters. The highest BCUT2D eigenvalue weighted by Crippen LogP contribution is 2.53. The Labute approximate surface area is 202 Å². The average molecular weight is 435 g/mol. The number of benzene rings is 2. The lowest BCUT2D eigenvalue weighted by Crippen LogP contribution is -2.25. The lowest BCUT2D eigenvalue weighted by molar-refractivity contribution is 0.535. The van der Waals surface area contributed by atoms with Gasteiger partial charge < -0.3 is 0 Å². The summed E-state index contributed by atoms with van der Waals surface area (Å²) >= 11 is 0. The number of fused-ring (bicyclic) bond motifs is 3. The first-order chi connectivity index (χ1) is 15.5. The van der Waals surface area contributed by atoms with Crippen LogP contribution in [0.1, 0.15) is 103 Å². The number of hydrogen-bond acceptors (Lipinski definition) is 0. The molecule has 0 atom stereocenters. The van der Waals surface area contributed by atoms with E-state index in [4.69, 9.17) is 6.42 Å². The van der Waals surface area contributed by atoms with Crippen LogP contribution in [0, 0.1) is 36.0 Å². The van der Waals surface area contributed by atoms with E-state index in [0.29, 0.717) is 0 Å². The van der Waals surface area contributed by atoms with E-state index in [0.717, 1.165) is 12.8 Å². The van der Waals surface area contributed by atoms with Gasteiger partial charge in [-0.15, -0.1) is 6.42 Å². The maximum absolute atomic E-state index is 5.37. The van der Waals surface area contributed by atoms with Gasteiger partial charge in [0, 0.05) is 0 Å². The Morgan fingerprint density at radius 3 is 1.73 bits per heavy atom. The van der Waals surface area contributed by atoms with E-state index in [-0.39, 0.29) is 16.2 Å². The van der Waals surface area contributed by atoms with Gasteiger partial charge >= 0.3 is 0 Å². The van der Waals surface area contributed by atoms with Gasteiger partial charge in [-0.2, -0.15) is 0 Å². The van der Waals surface area contributed by atoms with Crippen molar-refractivity contribution in [1.29, 1.82) is 0 Å². The van der Waals surface area contributed by atoms with Crippen molar-refractivity contribution in [2.45, 2.75) is 96.8 Å². The Morgan fingerprint density at radius 1 is 0.727 bits per heavy atom. The predicted molar refractivity (Wildman–Crippen MR) is 143 cm³/mol. The average Bonchev–Trinajstić information content (AvgIpc) is 3.02. The second-order valence-electron chi connectivity index (χ2n) is 11.4. The number of rotatable bonds is 5. The molecule has 2 aromatic rings. The molecular formula is C33H38. The fourth-order valence-electron chi connectivity index (χ4n) is 4.83. The summed E-state index contributed by atoms with van der Waals surface area (Å²) in [4.78, 5) is 0. The fraction of sp³-hybridized carbons (Fsp3) is 0.455. The highest BCUT2D eigenvalue weighted by molar-refractivity contribution is 5.84. The fourth-order valence-corrected chi connectivity index (χ4v) is 4.83. The molecule has 0 aromatic heterocycles. The quantitative estimate of drug-likeness (QED) is 0.329. The Hall–Kier alpha value is -2.88. The molecule has 0 nitrogen and oxygen atoms in total. The molecule has 0 fully saturated rings. The van der Waals surface area contributed by atoms with Crippen LogP contribution in [0.5, 0.6) is 0 Å². The van der Waals surface area contributed by atoms with Crippen molar-refractivity contribution in [1.82, 2.24) is 0 Å². The van der Waals surface area contributed by atoms with Crippen LogP contribution >= 0.6 is 0 Å². The summed E-state index contributed by atoms with van der Waals surface area (Å²) in [6, 6.07) is 14.0. The third-order valence-corrected chi connectivity index (χ3v) is 6.86. The summed E-state index contributed by atoms with van der Waals surface area (Å²) < 4.78 is 0. The van der Waals surface area contributed by atoms with Crippen molar-refractivity contribution in [2.75, 3.05) is 0 Å². The van der Waals surface area contributed by atoms with Crippen molar-refractivity contribution in [3.05, 3.63) is 58.7 Å². The first-order valence-corrected chi connectivity index (χ1v) is 12.3. The number of hydrogen-bond donors (Lipinski definition) is 0. The lowest BCUT2D eigenvalue weighted by atomic mass is 9.72. The van der Waals surface area contributed by atoms with Crippen LogP contribution < -0.4 is 0 Å². The van der Waals surface area contributed by atoms with E-state index in [9.17, 15) is 0 Å². The van der Waals surface area contributed by atoms with Crippen molar-refractivity contribution in [3.8, 4) is 47.2 Å². The molecule has 0 spiro atoms. The molecular weight excluding hydrogens is 396 g/mol. The summed E-state index contributed by atoms with van der Waals surface area (Å²) in [5.74, 6) is 14.8. The minimum atomic E-state index is -0.357. The molecule has 33 heavy (non-hydrogen) atoms. The van der Waals surface area contributed by atoms with Crippen molar-refractivity contribution in [3.63, 3.8) is 0 Å². The molecule has 0 bridgehead atoms. The molecule has 0 heteroatoms. The highest BCUT2D eigenvalue weighted by atomic mass is 14.4.